The normalized spacial score (nSPS) is 17.7. The van der Waals surface area contributed by atoms with Gasteiger partial charge in [-0.2, -0.15) is 4.31 Å². The highest BCUT2D eigenvalue weighted by molar-refractivity contribution is 7.89. The molecule has 0 saturated carbocycles. The van der Waals surface area contributed by atoms with E-state index in [-0.39, 0.29) is 22.4 Å². The molecule has 3 rings (SSSR count). The Bertz CT molecular complexity index is 998. The SMILES string of the molecule is COc1ccc(S(=O)(=O)N2CCCC(C(=O)NCc3ccccc3Cl)C2)cc1Cl. The predicted molar refractivity (Wildman–Crippen MR) is 113 cm³/mol. The third-order valence-corrected chi connectivity index (χ3v) is 7.45. The van der Waals surface area contributed by atoms with E-state index < -0.39 is 15.9 Å². The van der Waals surface area contributed by atoms with Crippen LogP contribution in [0.2, 0.25) is 10.0 Å². The summed E-state index contributed by atoms with van der Waals surface area (Å²) >= 11 is 12.2. The van der Waals surface area contributed by atoms with Crippen LogP contribution in [-0.2, 0) is 21.4 Å². The zero-order valence-electron chi connectivity index (χ0n) is 15.9. The summed E-state index contributed by atoms with van der Waals surface area (Å²) in [6, 6.07) is 11.6. The molecular formula is C20H22Cl2N2O4S. The summed E-state index contributed by atoms with van der Waals surface area (Å²) in [4.78, 5) is 12.7. The fourth-order valence-corrected chi connectivity index (χ4v) is 5.38. The Morgan fingerprint density at radius 1 is 1.21 bits per heavy atom. The zero-order chi connectivity index (χ0) is 21.0. The van der Waals surface area contributed by atoms with E-state index in [1.807, 2.05) is 18.2 Å². The number of nitrogens with zero attached hydrogens (tertiary/aromatic N) is 1. The number of benzene rings is 2. The Balaban J connectivity index is 1.68. The van der Waals surface area contributed by atoms with Crippen LogP contribution in [0.1, 0.15) is 18.4 Å². The van der Waals surface area contributed by atoms with Crippen LogP contribution in [0.5, 0.6) is 5.75 Å². The van der Waals surface area contributed by atoms with Crippen LogP contribution in [-0.4, -0.2) is 38.8 Å². The lowest BCUT2D eigenvalue weighted by Crippen LogP contribution is -2.45. The van der Waals surface area contributed by atoms with Crippen molar-refractivity contribution in [1.82, 2.24) is 9.62 Å². The van der Waals surface area contributed by atoms with Crippen molar-refractivity contribution in [1.29, 1.82) is 0 Å². The van der Waals surface area contributed by atoms with Crippen molar-refractivity contribution < 1.29 is 17.9 Å². The Kier molecular flexibility index (Phi) is 7.05. The maximum Gasteiger partial charge on any atom is 0.243 e. The molecule has 0 radical (unpaired) electrons. The van der Waals surface area contributed by atoms with Crippen molar-refractivity contribution >= 4 is 39.1 Å². The first kappa shape index (κ1) is 21.9. The molecule has 29 heavy (non-hydrogen) atoms. The molecule has 0 aromatic heterocycles. The lowest BCUT2D eigenvalue weighted by atomic mass is 9.99. The van der Waals surface area contributed by atoms with Gasteiger partial charge in [-0.1, -0.05) is 41.4 Å². The lowest BCUT2D eigenvalue weighted by molar-refractivity contribution is -0.126. The number of carbonyl (C=O) groups is 1. The van der Waals surface area contributed by atoms with Crippen molar-refractivity contribution in [3.63, 3.8) is 0 Å². The molecule has 9 heteroatoms. The van der Waals surface area contributed by atoms with Gasteiger partial charge < -0.3 is 10.1 Å². The number of amides is 1. The van der Waals surface area contributed by atoms with E-state index >= 15 is 0 Å². The smallest absolute Gasteiger partial charge is 0.243 e. The van der Waals surface area contributed by atoms with Crippen molar-refractivity contribution in [3.05, 3.63) is 58.1 Å². The highest BCUT2D eigenvalue weighted by Crippen LogP contribution is 2.30. The number of halogens is 2. The molecule has 156 valence electrons. The molecule has 1 aliphatic rings. The molecule has 1 saturated heterocycles. The third-order valence-electron chi connectivity index (χ3n) is 4.93. The number of rotatable bonds is 6. The molecule has 1 N–H and O–H groups in total. The molecule has 1 aliphatic heterocycles. The van der Waals surface area contributed by atoms with Gasteiger partial charge >= 0.3 is 0 Å². The first-order chi connectivity index (χ1) is 13.8. The van der Waals surface area contributed by atoms with E-state index in [2.05, 4.69) is 5.32 Å². The maximum absolute atomic E-state index is 13.0. The van der Waals surface area contributed by atoms with Crippen molar-refractivity contribution in [2.75, 3.05) is 20.2 Å². The number of carbonyl (C=O) groups excluding carboxylic acids is 1. The molecule has 0 spiro atoms. The number of nitrogens with one attached hydrogen (secondary N) is 1. The lowest BCUT2D eigenvalue weighted by Gasteiger charge is -2.31. The topological polar surface area (TPSA) is 75.7 Å². The molecule has 1 unspecified atom stereocenters. The Morgan fingerprint density at radius 2 is 1.97 bits per heavy atom. The van der Waals surface area contributed by atoms with Crippen LogP contribution >= 0.6 is 23.2 Å². The second-order valence-electron chi connectivity index (χ2n) is 6.81. The quantitative estimate of drug-likeness (QED) is 0.718. The minimum atomic E-state index is -3.76. The Morgan fingerprint density at radius 3 is 2.66 bits per heavy atom. The van der Waals surface area contributed by atoms with Gasteiger partial charge in [0.05, 0.1) is 22.9 Å². The number of ether oxygens (including phenoxy) is 1. The van der Waals surface area contributed by atoms with E-state index in [1.165, 1.54) is 29.6 Å². The van der Waals surface area contributed by atoms with E-state index in [0.717, 1.165) is 5.56 Å². The summed E-state index contributed by atoms with van der Waals surface area (Å²) in [7, 11) is -2.29. The fourth-order valence-electron chi connectivity index (χ4n) is 3.30. The summed E-state index contributed by atoms with van der Waals surface area (Å²) in [5, 5.41) is 3.67. The Hall–Kier alpha value is -1.80. The van der Waals surface area contributed by atoms with Crippen molar-refractivity contribution in [2.45, 2.75) is 24.3 Å². The molecule has 6 nitrogen and oxygen atoms in total. The van der Waals surface area contributed by atoms with Crippen molar-refractivity contribution in [2.24, 2.45) is 5.92 Å². The minimum absolute atomic E-state index is 0.0837. The summed E-state index contributed by atoms with van der Waals surface area (Å²) < 4.78 is 32.4. The number of methoxy groups -OCH3 is 1. The molecule has 1 amide bonds. The fraction of sp³-hybridized carbons (Fsp3) is 0.350. The highest BCUT2D eigenvalue weighted by atomic mass is 35.5. The molecule has 2 aromatic carbocycles. The van der Waals surface area contributed by atoms with Crippen LogP contribution in [0, 0.1) is 5.92 Å². The monoisotopic (exact) mass is 456 g/mol. The average Bonchev–Trinajstić information content (AvgIpc) is 2.73. The van der Waals surface area contributed by atoms with E-state index in [9.17, 15) is 13.2 Å². The number of piperidine rings is 1. The summed E-state index contributed by atoms with van der Waals surface area (Å²) in [6.45, 7) is 0.788. The van der Waals surface area contributed by atoms with Gasteiger partial charge in [0.15, 0.2) is 0 Å². The van der Waals surface area contributed by atoms with Gasteiger partial charge in [-0.05, 0) is 42.7 Å². The average molecular weight is 457 g/mol. The summed E-state index contributed by atoms with van der Waals surface area (Å²) in [6.07, 6.45) is 1.23. The number of hydrogen-bond acceptors (Lipinski definition) is 4. The highest BCUT2D eigenvalue weighted by Gasteiger charge is 2.33. The van der Waals surface area contributed by atoms with Crippen LogP contribution in [0.3, 0.4) is 0 Å². The zero-order valence-corrected chi connectivity index (χ0v) is 18.2. The molecule has 1 fully saturated rings. The first-order valence-corrected chi connectivity index (χ1v) is 11.4. The van der Waals surface area contributed by atoms with Crippen LogP contribution in [0.25, 0.3) is 0 Å². The maximum atomic E-state index is 13.0. The summed E-state index contributed by atoms with van der Waals surface area (Å²) in [5.74, 6) is -0.201. The molecule has 0 aliphatic carbocycles. The molecule has 1 heterocycles. The largest absolute Gasteiger partial charge is 0.495 e. The number of sulfonamides is 1. The van der Waals surface area contributed by atoms with Gasteiger partial charge in [0.2, 0.25) is 15.9 Å². The van der Waals surface area contributed by atoms with Crippen LogP contribution in [0.4, 0.5) is 0 Å². The van der Waals surface area contributed by atoms with E-state index in [1.54, 1.807) is 6.07 Å². The van der Waals surface area contributed by atoms with Gasteiger partial charge in [0, 0.05) is 24.7 Å². The van der Waals surface area contributed by atoms with Crippen LogP contribution in [0.15, 0.2) is 47.4 Å². The molecule has 0 bridgehead atoms. The van der Waals surface area contributed by atoms with E-state index in [0.29, 0.717) is 36.7 Å². The van der Waals surface area contributed by atoms with Crippen molar-refractivity contribution in [3.8, 4) is 5.75 Å². The van der Waals surface area contributed by atoms with Crippen LogP contribution < -0.4 is 10.1 Å². The second-order valence-corrected chi connectivity index (χ2v) is 9.56. The predicted octanol–water partition coefficient (Wildman–Crippen LogP) is 3.72. The van der Waals surface area contributed by atoms with Gasteiger partial charge in [0.25, 0.3) is 0 Å². The summed E-state index contributed by atoms with van der Waals surface area (Å²) in [5.41, 5.74) is 0.815. The van der Waals surface area contributed by atoms with Gasteiger partial charge in [-0.25, -0.2) is 8.42 Å². The third kappa shape index (κ3) is 5.04. The van der Waals surface area contributed by atoms with Gasteiger partial charge in [0.1, 0.15) is 5.75 Å². The van der Waals surface area contributed by atoms with Gasteiger partial charge in [-0.15, -0.1) is 0 Å². The van der Waals surface area contributed by atoms with E-state index in [4.69, 9.17) is 27.9 Å². The first-order valence-electron chi connectivity index (χ1n) is 9.17. The molecule has 1 atom stereocenters. The second kappa shape index (κ2) is 9.34. The van der Waals surface area contributed by atoms with Gasteiger partial charge in [-0.3, -0.25) is 4.79 Å². The standard InChI is InChI=1S/C20H22Cl2N2O4S/c1-28-19-9-8-16(11-18(19)22)29(26,27)24-10-4-6-15(13-24)20(25)23-12-14-5-2-3-7-17(14)21/h2-3,5,7-9,11,15H,4,6,10,12-13H2,1H3,(H,23,25). The Labute approximate surface area is 180 Å². The molecular weight excluding hydrogens is 435 g/mol. The minimum Gasteiger partial charge on any atom is -0.495 e. The number of hydrogen-bond donors (Lipinski definition) is 1. The molecule has 2 aromatic rings.